The van der Waals surface area contributed by atoms with Crippen molar-refractivity contribution in [2.75, 3.05) is 0 Å². The molecule has 0 unspecified atom stereocenters. The Morgan fingerprint density at radius 3 is 2.68 bits per heavy atom. The topological polar surface area (TPSA) is 67.0 Å². The number of nitrogens with one attached hydrogen (secondary N) is 2. The molecule has 0 aliphatic heterocycles. The van der Waals surface area contributed by atoms with Crippen molar-refractivity contribution >= 4 is 6.09 Å². The van der Waals surface area contributed by atoms with E-state index in [1.165, 1.54) is 18.5 Å². The highest BCUT2D eigenvalue weighted by molar-refractivity contribution is 5.68. The van der Waals surface area contributed by atoms with E-state index in [1.807, 2.05) is 27.7 Å². The molecule has 1 aromatic heterocycles. The maximum absolute atomic E-state index is 11.7. The van der Waals surface area contributed by atoms with Crippen molar-refractivity contribution in [3.8, 4) is 0 Å². The quantitative estimate of drug-likeness (QED) is 0.864. The van der Waals surface area contributed by atoms with Gasteiger partial charge in [0.05, 0.1) is 11.7 Å². The Morgan fingerprint density at radius 2 is 2.05 bits per heavy atom. The Balaban J connectivity index is 1.98. The van der Waals surface area contributed by atoms with Crippen LogP contribution in [-0.2, 0) is 17.6 Å². The van der Waals surface area contributed by atoms with Gasteiger partial charge in [-0.15, -0.1) is 0 Å². The molecule has 0 spiro atoms. The summed E-state index contributed by atoms with van der Waals surface area (Å²) in [5, 5.41) is 2.81. The molecule has 1 aliphatic carbocycles. The third-order valence-electron chi connectivity index (χ3n) is 3.12. The summed E-state index contributed by atoms with van der Waals surface area (Å²) in [4.78, 5) is 19.6. The second kappa shape index (κ2) is 5.23. The second-order valence-corrected chi connectivity index (χ2v) is 6.12. The molecular weight excluding hydrogens is 242 g/mol. The fourth-order valence-corrected chi connectivity index (χ4v) is 2.23. The summed E-state index contributed by atoms with van der Waals surface area (Å²) in [6, 6.07) is -0.166. The molecule has 5 heteroatoms. The van der Waals surface area contributed by atoms with E-state index in [-0.39, 0.29) is 6.04 Å². The molecule has 0 saturated heterocycles. The Hall–Kier alpha value is -1.52. The zero-order valence-electron chi connectivity index (χ0n) is 12.2. The number of carbonyl (C=O) groups excluding carboxylic acids is 1. The number of nitrogens with zero attached hydrogens (tertiary/aromatic N) is 1. The van der Waals surface area contributed by atoms with Gasteiger partial charge in [0.15, 0.2) is 0 Å². The summed E-state index contributed by atoms with van der Waals surface area (Å²) < 4.78 is 5.24. The predicted molar refractivity (Wildman–Crippen MR) is 73.0 cm³/mol. The van der Waals surface area contributed by atoms with E-state index < -0.39 is 11.7 Å². The summed E-state index contributed by atoms with van der Waals surface area (Å²) in [5.74, 6) is 0.817. The number of hydrogen-bond donors (Lipinski definition) is 2. The van der Waals surface area contributed by atoms with Crippen LogP contribution in [0.3, 0.4) is 0 Å². The number of imidazole rings is 1. The number of aryl methyl sites for hydroxylation is 2. The lowest BCUT2D eigenvalue weighted by Crippen LogP contribution is -2.34. The zero-order chi connectivity index (χ0) is 14.0. The van der Waals surface area contributed by atoms with Crippen molar-refractivity contribution in [2.45, 2.75) is 65.0 Å². The van der Waals surface area contributed by atoms with Gasteiger partial charge < -0.3 is 15.0 Å². The van der Waals surface area contributed by atoms with E-state index in [9.17, 15) is 4.79 Å². The Morgan fingerprint density at radius 1 is 1.37 bits per heavy atom. The van der Waals surface area contributed by atoms with Crippen molar-refractivity contribution in [2.24, 2.45) is 0 Å². The van der Waals surface area contributed by atoms with E-state index in [0.717, 1.165) is 24.4 Å². The van der Waals surface area contributed by atoms with Crippen molar-refractivity contribution in [1.82, 2.24) is 15.3 Å². The SMILES string of the molecule is C[C@H](NC(=O)OC(C)(C)C)c1nc2c([nH]1)CCCC2. The molecule has 1 heterocycles. The van der Waals surface area contributed by atoms with Crippen LogP contribution >= 0.6 is 0 Å². The number of carbonyl (C=O) groups is 1. The third-order valence-corrected chi connectivity index (χ3v) is 3.12. The van der Waals surface area contributed by atoms with Gasteiger partial charge in [0.2, 0.25) is 0 Å². The lowest BCUT2D eigenvalue weighted by Gasteiger charge is -2.21. The van der Waals surface area contributed by atoms with Crippen molar-refractivity contribution < 1.29 is 9.53 Å². The Kier molecular flexibility index (Phi) is 3.83. The van der Waals surface area contributed by atoms with Gasteiger partial charge >= 0.3 is 6.09 Å². The number of amides is 1. The van der Waals surface area contributed by atoms with Gasteiger partial charge in [-0.1, -0.05) is 0 Å². The molecule has 0 aromatic carbocycles. The number of fused-ring (bicyclic) bond motifs is 1. The molecule has 2 N–H and O–H groups in total. The molecule has 0 bridgehead atoms. The highest BCUT2D eigenvalue weighted by Gasteiger charge is 2.21. The van der Waals surface area contributed by atoms with Crippen LogP contribution in [0.1, 0.15) is 63.8 Å². The number of hydrogen-bond acceptors (Lipinski definition) is 3. The first kappa shape index (κ1) is 13.9. The van der Waals surface area contributed by atoms with Crippen LogP contribution in [-0.4, -0.2) is 21.7 Å². The molecule has 1 aliphatic rings. The smallest absolute Gasteiger partial charge is 0.408 e. The number of aromatic amines is 1. The van der Waals surface area contributed by atoms with Gasteiger partial charge in [-0.3, -0.25) is 0 Å². The number of alkyl carbamates (subject to hydrolysis) is 1. The second-order valence-electron chi connectivity index (χ2n) is 6.12. The standard InChI is InChI=1S/C14H23N3O2/c1-9(15-13(18)19-14(2,3)4)12-16-10-7-5-6-8-11(10)17-12/h9H,5-8H2,1-4H3,(H,15,18)(H,16,17)/t9-/m0/s1. The molecule has 1 amide bonds. The summed E-state index contributed by atoms with van der Waals surface area (Å²) >= 11 is 0. The van der Waals surface area contributed by atoms with E-state index in [4.69, 9.17) is 4.74 Å². The average molecular weight is 265 g/mol. The van der Waals surface area contributed by atoms with Gasteiger partial charge in [-0.05, 0) is 53.4 Å². The molecule has 0 fully saturated rings. The molecule has 1 atom stereocenters. The minimum atomic E-state index is -0.480. The largest absolute Gasteiger partial charge is 0.444 e. The third kappa shape index (κ3) is 3.72. The van der Waals surface area contributed by atoms with Gasteiger partial charge in [0, 0.05) is 5.69 Å². The first-order valence-corrected chi connectivity index (χ1v) is 6.92. The summed E-state index contributed by atoms with van der Waals surface area (Å²) in [6.07, 6.45) is 4.09. The van der Waals surface area contributed by atoms with Crippen LogP contribution in [0.15, 0.2) is 0 Å². The van der Waals surface area contributed by atoms with E-state index in [2.05, 4.69) is 15.3 Å². The lowest BCUT2D eigenvalue weighted by atomic mass is 10.0. The summed E-state index contributed by atoms with van der Waals surface area (Å²) in [7, 11) is 0. The van der Waals surface area contributed by atoms with Crippen molar-refractivity contribution in [3.05, 3.63) is 17.2 Å². The van der Waals surface area contributed by atoms with Crippen LogP contribution in [0, 0.1) is 0 Å². The maximum atomic E-state index is 11.7. The summed E-state index contributed by atoms with van der Waals surface area (Å²) in [6.45, 7) is 7.46. The number of ether oxygens (including phenoxy) is 1. The molecule has 0 saturated carbocycles. The monoisotopic (exact) mass is 265 g/mol. The molecule has 5 nitrogen and oxygen atoms in total. The molecule has 0 radical (unpaired) electrons. The maximum Gasteiger partial charge on any atom is 0.408 e. The van der Waals surface area contributed by atoms with Crippen LogP contribution < -0.4 is 5.32 Å². The van der Waals surface area contributed by atoms with Gasteiger partial charge in [-0.25, -0.2) is 9.78 Å². The fraction of sp³-hybridized carbons (Fsp3) is 0.714. The van der Waals surface area contributed by atoms with Crippen LogP contribution in [0.2, 0.25) is 0 Å². The first-order chi connectivity index (χ1) is 8.85. The molecule has 19 heavy (non-hydrogen) atoms. The van der Waals surface area contributed by atoms with Gasteiger partial charge in [0.1, 0.15) is 11.4 Å². The Bertz CT molecular complexity index is 436. The van der Waals surface area contributed by atoms with Crippen molar-refractivity contribution in [3.63, 3.8) is 0 Å². The predicted octanol–water partition coefficient (Wildman–Crippen LogP) is 2.87. The summed E-state index contributed by atoms with van der Waals surface area (Å²) in [5.41, 5.74) is 1.89. The zero-order valence-corrected chi connectivity index (χ0v) is 12.2. The molecular formula is C14H23N3O2. The minimum Gasteiger partial charge on any atom is -0.444 e. The first-order valence-electron chi connectivity index (χ1n) is 6.92. The lowest BCUT2D eigenvalue weighted by molar-refractivity contribution is 0.0506. The van der Waals surface area contributed by atoms with E-state index in [1.54, 1.807) is 0 Å². The van der Waals surface area contributed by atoms with Crippen LogP contribution in [0.5, 0.6) is 0 Å². The van der Waals surface area contributed by atoms with Crippen LogP contribution in [0.25, 0.3) is 0 Å². The van der Waals surface area contributed by atoms with Crippen molar-refractivity contribution in [1.29, 1.82) is 0 Å². The minimum absolute atomic E-state index is 0.166. The molecule has 106 valence electrons. The van der Waals surface area contributed by atoms with Gasteiger partial charge in [-0.2, -0.15) is 0 Å². The number of H-pyrrole nitrogens is 1. The highest BCUT2D eigenvalue weighted by Crippen LogP contribution is 2.21. The number of aromatic nitrogens is 2. The molecule has 2 rings (SSSR count). The molecule has 1 aromatic rings. The average Bonchev–Trinajstić information content (AvgIpc) is 2.69. The fourth-order valence-electron chi connectivity index (χ4n) is 2.23. The number of rotatable bonds is 2. The Labute approximate surface area is 114 Å². The van der Waals surface area contributed by atoms with E-state index >= 15 is 0 Å². The highest BCUT2D eigenvalue weighted by atomic mass is 16.6. The van der Waals surface area contributed by atoms with Gasteiger partial charge in [0.25, 0.3) is 0 Å². The van der Waals surface area contributed by atoms with Crippen LogP contribution in [0.4, 0.5) is 4.79 Å². The normalized spacial score (nSPS) is 16.6. The van der Waals surface area contributed by atoms with E-state index in [0.29, 0.717) is 0 Å².